The Labute approximate surface area is 235 Å². The third kappa shape index (κ3) is 6.38. The number of nitrogens with zero attached hydrogens (tertiary/aromatic N) is 2. The summed E-state index contributed by atoms with van der Waals surface area (Å²) in [6, 6.07) is 17.5. The van der Waals surface area contributed by atoms with E-state index in [1.54, 1.807) is 25.1 Å². The van der Waals surface area contributed by atoms with Gasteiger partial charge in [-0.1, -0.05) is 24.3 Å². The monoisotopic (exact) mass is 542 g/mol. The van der Waals surface area contributed by atoms with Crippen LogP contribution < -0.4 is 15.5 Å². The molecule has 0 bridgehead atoms. The molecule has 2 aliphatic rings. The molecule has 0 radical (unpaired) electrons. The van der Waals surface area contributed by atoms with Gasteiger partial charge in [0.25, 0.3) is 11.8 Å². The van der Waals surface area contributed by atoms with Gasteiger partial charge in [-0.05, 0) is 86.9 Å². The van der Waals surface area contributed by atoms with Crippen molar-refractivity contribution in [2.45, 2.75) is 51.9 Å². The molecule has 0 unspecified atom stereocenters. The van der Waals surface area contributed by atoms with Crippen LogP contribution in [0, 0.1) is 13.8 Å². The summed E-state index contributed by atoms with van der Waals surface area (Å²) in [6.45, 7) is 7.59. The molecule has 8 heteroatoms. The van der Waals surface area contributed by atoms with Gasteiger partial charge in [0.1, 0.15) is 5.76 Å². The maximum atomic E-state index is 13.0. The number of likely N-dealkylation sites (tertiary alicyclic amines) is 1. The summed E-state index contributed by atoms with van der Waals surface area (Å²) in [6.07, 6.45) is 4.25. The quantitative estimate of drug-likeness (QED) is 0.359. The summed E-state index contributed by atoms with van der Waals surface area (Å²) < 4.78 is 5.54. The molecular weight excluding hydrogens is 504 g/mol. The zero-order valence-electron chi connectivity index (χ0n) is 23.4. The van der Waals surface area contributed by atoms with E-state index in [0.717, 1.165) is 44.6 Å². The fraction of sp³-hybridized carbons (Fsp3) is 0.406. The molecule has 0 spiro atoms. The summed E-state index contributed by atoms with van der Waals surface area (Å²) in [7, 11) is 0. The van der Waals surface area contributed by atoms with E-state index in [2.05, 4.69) is 46.7 Å². The molecule has 2 saturated heterocycles. The highest BCUT2D eigenvalue weighted by Gasteiger charge is 2.25. The normalized spacial score (nSPS) is 15.9. The second kappa shape index (κ2) is 12.4. The lowest BCUT2D eigenvalue weighted by atomic mass is 9.86. The average Bonchev–Trinajstić information content (AvgIpc) is 3.59. The molecule has 2 aromatic carbocycles. The molecular formula is C32H38N4O4. The Morgan fingerprint density at radius 3 is 2.48 bits per heavy atom. The number of carbonyl (C=O) groups excluding carboxylic acids is 3. The molecule has 1 aromatic heterocycles. The van der Waals surface area contributed by atoms with Crippen LogP contribution in [0.15, 0.2) is 59.0 Å². The van der Waals surface area contributed by atoms with Crippen LogP contribution >= 0.6 is 0 Å². The Hall–Kier alpha value is -4.07. The van der Waals surface area contributed by atoms with E-state index in [1.165, 1.54) is 11.1 Å². The van der Waals surface area contributed by atoms with Crippen molar-refractivity contribution in [1.82, 2.24) is 10.2 Å². The molecule has 0 atom stereocenters. The van der Waals surface area contributed by atoms with Gasteiger partial charge in [0.05, 0.1) is 11.4 Å². The standard InChI is InChI=1S/C32H38N4O4/c1-22-7-3-4-8-26(22)24-14-19-35(20-15-24)28-12-11-25(21-27(28)34-32(39)29-13-10-23(2)40-29)31(38)33-16-6-18-36-17-5-9-30(36)37/h3-4,7-8,10-13,21,24H,5-6,9,14-20H2,1-2H3,(H,33,38)(H,34,39). The van der Waals surface area contributed by atoms with Crippen LogP contribution in [-0.4, -0.2) is 55.3 Å². The molecule has 3 heterocycles. The number of hydrogen-bond donors (Lipinski definition) is 2. The molecule has 2 fully saturated rings. The van der Waals surface area contributed by atoms with E-state index in [1.807, 2.05) is 17.0 Å². The highest BCUT2D eigenvalue weighted by Crippen LogP contribution is 2.35. The van der Waals surface area contributed by atoms with Gasteiger partial charge in [-0.15, -0.1) is 0 Å². The topological polar surface area (TPSA) is 94.9 Å². The van der Waals surface area contributed by atoms with Crippen LogP contribution in [0.1, 0.15) is 75.8 Å². The molecule has 0 saturated carbocycles. The van der Waals surface area contributed by atoms with E-state index < -0.39 is 0 Å². The largest absolute Gasteiger partial charge is 0.456 e. The van der Waals surface area contributed by atoms with Crippen molar-refractivity contribution in [3.63, 3.8) is 0 Å². The number of aryl methyl sites for hydroxylation is 2. The SMILES string of the molecule is Cc1ccc(C(=O)Nc2cc(C(=O)NCCCN3CCCC3=O)ccc2N2CCC(c3ccccc3C)CC2)o1. The third-order valence-electron chi connectivity index (χ3n) is 8.00. The lowest BCUT2D eigenvalue weighted by Gasteiger charge is -2.35. The van der Waals surface area contributed by atoms with E-state index in [-0.39, 0.29) is 23.5 Å². The fourth-order valence-corrected chi connectivity index (χ4v) is 5.78. The molecule has 40 heavy (non-hydrogen) atoms. The van der Waals surface area contributed by atoms with Crippen molar-refractivity contribution in [2.75, 3.05) is 42.9 Å². The molecule has 2 aliphatic heterocycles. The Morgan fingerprint density at radius 1 is 0.975 bits per heavy atom. The minimum atomic E-state index is -0.350. The van der Waals surface area contributed by atoms with E-state index in [0.29, 0.717) is 48.9 Å². The first-order valence-electron chi connectivity index (χ1n) is 14.3. The van der Waals surface area contributed by atoms with Gasteiger partial charge in [-0.25, -0.2) is 0 Å². The number of amides is 3. The Balaban J connectivity index is 1.28. The van der Waals surface area contributed by atoms with Crippen LogP contribution in [0.4, 0.5) is 11.4 Å². The number of rotatable bonds is 9. The van der Waals surface area contributed by atoms with Gasteiger partial charge in [0.15, 0.2) is 5.76 Å². The van der Waals surface area contributed by atoms with Crippen molar-refractivity contribution in [1.29, 1.82) is 0 Å². The number of furan rings is 1. The average molecular weight is 543 g/mol. The van der Waals surface area contributed by atoms with Crippen LogP contribution in [0.3, 0.4) is 0 Å². The molecule has 8 nitrogen and oxygen atoms in total. The van der Waals surface area contributed by atoms with Crippen LogP contribution in [0.25, 0.3) is 0 Å². The summed E-state index contributed by atoms with van der Waals surface area (Å²) in [4.78, 5) is 42.0. The predicted molar refractivity (Wildman–Crippen MR) is 156 cm³/mol. The van der Waals surface area contributed by atoms with Crippen molar-refractivity contribution < 1.29 is 18.8 Å². The van der Waals surface area contributed by atoms with Gasteiger partial charge in [-0.2, -0.15) is 0 Å². The Kier molecular flexibility index (Phi) is 8.53. The predicted octanol–water partition coefficient (Wildman–Crippen LogP) is 5.28. The van der Waals surface area contributed by atoms with Crippen LogP contribution in [0.5, 0.6) is 0 Å². The van der Waals surface area contributed by atoms with Crippen LogP contribution in [0.2, 0.25) is 0 Å². The third-order valence-corrected chi connectivity index (χ3v) is 8.00. The summed E-state index contributed by atoms with van der Waals surface area (Å²) in [5, 5.41) is 5.96. The second-order valence-corrected chi connectivity index (χ2v) is 10.8. The molecule has 0 aliphatic carbocycles. The number of piperidine rings is 1. The van der Waals surface area contributed by atoms with Crippen molar-refractivity contribution in [2.24, 2.45) is 0 Å². The highest BCUT2D eigenvalue weighted by molar-refractivity contribution is 6.05. The van der Waals surface area contributed by atoms with Crippen molar-refractivity contribution in [3.05, 3.63) is 82.8 Å². The van der Waals surface area contributed by atoms with Crippen molar-refractivity contribution in [3.8, 4) is 0 Å². The number of nitrogens with one attached hydrogen (secondary N) is 2. The van der Waals surface area contributed by atoms with E-state index in [9.17, 15) is 14.4 Å². The Morgan fingerprint density at radius 2 is 1.77 bits per heavy atom. The van der Waals surface area contributed by atoms with E-state index in [4.69, 9.17) is 4.42 Å². The first kappa shape index (κ1) is 27.5. The first-order valence-corrected chi connectivity index (χ1v) is 14.3. The zero-order valence-corrected chi connectivity index (χ0v) is 23.4. The first-order chi connectivity index (χ1) is 19.4. The molecule has 3 amide bonds. The van der Waals surface area contributed by atoms with Gasteiger partial charge in [0, 0.05) is 44.7 Å². The molecule has 210 valence electrons. The molecule has 2 N–H and O–H groups in total. The number of carbonyl (C=O) groups is 3. The van der Waals surface area contributed by atoms with Gasteiger partial charge >= 0.3 is 0 Å². The number of benzene rings is 2. The smallest absolute Gasteiger partial charge is 0.291 e. The lowest BCUT2D eigenvalue weighted by Crippen LogP contribution is -2.34. The minimum Gasteiger partial charge on any atom is -0.456 e. The highest BCUT2D eigenvalue weighted by atomic mass is 16.3. The maximum Gasteiger partial charge on any atom is 0.291 e. The van der Waals surface area contributed by atoms with E-state index >= 15 is 0 Å². The molecule has 5 rings (SSSR count). The number of hydrogen-bond acceptors (Lipinski definition) is 5. The van der Waals surface area contributed by atoms with Gasteiger partial charge < -0.3 is 24.9 Å². The maximum absolute atomic E-state index is 13.0. The Bertz CT molecular complexity index is 1370. The summed E-state index contributed by atoms with van der Waals surface area (Å²) in [5.41, 5.74) is 4.68. The summed E-state index contributed by atoms with van der Waals surface area (Å²) >= 11 is 0. The fourth-order valence-electron chi connectivity index (χ4n) is 5.78. The van der Waals surface area contributed by atoms with Gasteiger partial charge in [-0.3, -0.25) is 14.4 Å². The van der Waals surface area contributed by atoms with Crippen molar-refractivity contribution >= 4 is 29.1 Å². The number of anilines is 2. The zero-order chi connectivity index (χ0) is 28.1. The summed E-state index contributed by atoms with van der Waals surface area (Å²) in [5.74, 6) is 1.03. The van der Waals surface area contributed by atoms with Crippen LogP contribution in [-0.2, 0) is 4.79 Å². The molecule has 3 aromatic rings. The minimum absolute atomic E-state index is 0.192. The second-order valence-electron chi connectivity index (χ2n) is 10.8. The van der Waals surface area contributed by atoms with Gasteiger partial charge in [0.2, 0.25) is 5.91 Å². The lowest BCUT2D eigenvalue weighted by molar-refractivity contribution is -0.127.